The van der Waals surface area contributed by atoms with Crippen LogP contribution < -0.4 is 21.1 Å². The minimum Gasteiger partial charge on any atom is -0.480 e. The van der Waals surface area contributed by atoms with E-state index in [0.29, 0.717) is 12.2 Å². The molecular weight excluding hydrogens is 260 g/mol. The zero-order valence-corrected chi connectivity index (χ0v) is 11.3. The van der Waals surface area contributed by atoms with Crippen molar-refractivity contribution < 1.29 is 14.3 Å². The van der Waals surface area contributed by atoms with Crippen molar-refractivity contribution in [3.05, 3.63) is 17.8 Å². The van der Waals surface area contributed by atoms with E-state index >= 15 is 0 Å². The first-order chi connectivity index (χ1) is 9.61. The number of rotatable bonds is 4. The Bertz CT molecular complexity index is 512. The van der Waals surface area contributed by atoms with E-state index in [1.807, 2.05) is 0 Å². The first kappa shape index (κ1) is 14.3. The van der Waals surface area contributed by atoms with Crippen LogP contribution in [-0.4, -0.2) is 37.0 Å². The third kappa shape index (κ3) is 3.24. The second-order valence-corrected chi connectivity index (χ2v) is 4.68. The molecule has 0 saturated carbocycles. The maximum Gasteiger partial charge on any atom is 0.254 e. The predicted molar refractivity (Wildman–Crippen MR) is 73.5 cm³/mol. The van der Waals surface area contributed by atoms with Gasteiger partial charge in [0.1, 0.15) is 5.56 Å². The van der Waals surface area contributed by atoms with Crippen molar-refractivity contribution in [2.24, 2.45) is 11.7 Å². The number of aromatic nitrogens is 1. The lowest BCUT2D eigenvalue weighted by Gasteiger charge is -2.21. The van der Waals surface area contributed by atoms with E-state index in [1.165, 1.54) is 19.4 Å². The number of methoxy groups -OCH3 is 1. The highest BCUT2D eigenvalue weighted by Gasteiger charge is 2.21. The Morgan fingerprint density at radius 3 is 2.95 bits per heavy atom. The molecule has 1 fully saturated rings. The molecule has 1 aliphatic rings. The monoisotopic (exact) mass is 278 g/mol. The highest BCUT2D eigenvalue weighted by molar-refractivity contribution is 5.98. The quantitative estimate of drug-likeness (QED) is 0.725. The molecule has 108 valence electrons. The average Bonchev–Trinajstić information content (AvgIpc) is 2.48. The number of anilines is 1. The number of pyridine rings is 1. The predicted octanol–water partition coefficient (Wildman–Crippen LogP) is 0.127. The average molecular weight is 278 g/mol. The van der Waals surface area contributed by atoms with Gasteiger partial charge < -0.3 is 21.1 Å². The minimum absolute atomic E-state index is 0.0668. The summed E-state index contributed by atoms with van der Waals surface area (Å²) in [6.45, 7) is 1.61. The van der Waals surface area contributed by atoms with Crippen LogP contribution in [0.3, 0.4) is 0 Å². The summed E-state index contributed by atoms with van der Waals surface area (Å²) in [5.74, 6) is -0.651. The van der Waals surface area contributed by atoms with Crippen molar-refractivity contribution in [3.8, 4) is 5.88 Å². The topological polar surface area (TPSA) is 106 Å². The van der Waals surface area contributed by atoms with Gasteiger partial charge in [-0.25, -0.2) is 4.98 Å². The van der Waals surface area contributed by atoms with E-state index in [2.05, 4.69) is 15.6 Å². The van der Waals surface area contributed by atoms with Gasteiger partial charge in [0.25, 0.3) is 5.91 Å². The fraction of sp³-hybridized carbons (Fsp3) is 0.462. The Kier molecular flexibility index (Phi) is 4.52. The normalized spacial score (nSPS) is 18.4. The molecule has 20 heavy (non-hydrogen) atoms. The van der Waals surface area contributed by atoms with Crippen LogP contribution in [-0.2, 0) is 4.79 Å². The molecule has 0 aromatic carbocycles. The van der Waals surface area contributed by atoms with E-state index in [9.17, 15) is 9.59 Å². The fourth-order valence-electron chi connectivity index (χ4n) is 2.18. The molecule has 7 nitrogen and oxygen atoms in total. The number of piperidine rings is 1. The highest BCUT2D eigenvalue weighted by atomic mass is 16.5. The van der Waals surface area contributed by atoms with Gasteiger partial charge in [-0.05, 0) is 25.5 Å². The van der Waals surface area contributed by atoms with E-state index in [0.717, 1.165) is 19.4 Å². The standard InChI is InChI=1S/C13H18N4O3/c1-20-13-10(11(14)18)5-9(7-16-13)17-12(19)8-3-2-4-15-6-8/h5,7-8,15H,2-4,6H2,1H3,(H2,14,18)(H,17,19). The number of nitrogens with one attached hydrogen (secondary N) is 2. The van der Waals surface area contributed by atoms with Crippen LogP contribution >= 0.6 is 0 Å². The van der Waals surface area contributed by atoms with Crippen molar-refractivity contribution in [1.29, 1.82) is 0 Å². The van der Waals surface area contributed by atoms with Gasteiger partial charge in [-0.3, -0.25) is 9.59 Å². The summed E-state index contributed by atoms with van der Waals surface area (Å²) < 4.78 is 4.95. The molecule has 1 aromatic rings. The van der Waals surface area contributed by atoms with Crippen molar-refractivity contribution >= 4 is 17.5 Å². The van der Waals surface area contributed by atoms with Gasteiger partial charge in [-0.15, -0.1) is 0 Å². The van der Waals surface area contributed by atoms with Crippen LogP contribution in [0.15, 0.2) is 12.3 Å². The Balaban J connectivity index is 2.10. The molecule has 2 heterocycles. The Hall–Kier alpha value is -2.15. The van der Waals surface area contributed by atoms with Gasteiger partial charge >= 0.3 is 0 Å². The van der Waals surface area contributed by atoms with E-state index in [-0.39, 0.29) is 23.3 Å². The Morgan fingerprint density at radius 1 is 1.55 bits per heavy atom. The van der Waals surface area contributed by atoms with Gasteiger partial charge in [0.15, 0.2) is 0 Å². The third-order valence-electron chi connectivity index (χ3n) is 3.25. The first-order valence-corrected chi connectivity index (χ1v) is 6.47. The summed E-state index contributed by atoms with van der Waals surface area (Å²) in [6.07, 6.45) is 3.27. The number of hydrogen-bond acceptors (Lipinski definition) is 5. The Morgan fingerprint density at radius 2 is 2.35 bits per heavy atom. The number of amides is 2. The van der Waals surface area contributed by atoms with Crippen molar-refractivity contribution in [2.75, 3.05) is 25.5 Å². The van der Waals surface area contributed by atoms with E-state index in [4.69, 9.17) is 10.5 Å². The summed E-state index contributed by atoms with van der Waals surface area (Å²) in [5, 5.41) is 5.93. The summed E-state index contributed by atoms with van der Waals surface area (Å²) in [7, 11) is 1.40. The molecule has 0 bridgehead atoms. The maximum absolute atomic E-state index is 12.1. The van der Waals surface area contributed by atoms with Crippen molar-refractivity contribution in [3.63, 3.8) is 0 Å². The molecule has 1 unspecified atom stereocenters. The van der Waals surface area contributed by atoms with Gasteiger partial charge in [-0.2, -0.15) is 0 Å². The summed E-state index contributed by atoms with van der Waals surface area (Å²) in [5.41, 5.74) is 5.84. The number of primary amides is 1. The maximum atomic E-state index is 12.1. The lowest BCUT2D eigenvalue weighted by atomic mass is 9.99. The van der Waals surface area contributed by atoms with E-state index in [1.54, 1.807) is 0 Å². The zero-order valence-electron chi connectivity index (χ0n) is 11.3. The third-order valence-corrected chi connectivity index (χ3v) is 3.25. The molecule has 1 saturated heterocycles. The van der Waals surface area contributed by atoms with E-state index < -0.39 is 5.91 Å². The SMILES string of the molecule is COc1ncc(NC(=O)C2CCCNC2)cc1C(N)=O. The summed E-state index contributed by atoms with van der Waals surface area (Å²) >= 11 is 0. The number of hydrogen-bond donors (Lipinski definition) is 3. The van der Waals surface area contributed by atoms with Crippen molar-refractivity contribution in [1.82, 2.24) is 10.3 Å². The molecule has 0 aliphatic carbocycles. The number of carbonyl (C=O) groups is 2. The lowest BCUT2D eigenvalue weighted by Crippen LogP contribution is -2.37. The summed E-state index contributed by atoms with van der Waals surface area (Å²) in [4.78, 5) is 27.3. The molecule has 0 spiro atoms. The molecule has 0 radical (unpaired) electrons. The Labute approximate surface area is 116 Å². The highest BCUT2D eigenvalue weighted by Crippen LogP contribution is 2.20. The van der Waals surface area contributed by atoms with Gasteiger partial charge in [0, 0.05) is 6.54 Å². The van der Waals surface area contributed by atoms with Crippen LogP contribution in [0.4, 0.5) is 5.69 Å². The smallest absolute Gasteiger partial charge is 0.254 e. The molecule has 7 heteroatoms. The van der Waals surface area contributed by atoms with Crippen LogP contribution in [0.5, 0.6) is 5.88 Å². The largest absolute Gasteiger partial charge is 0.480 e. The van der Waals surface area contributed by atoms with Gasteiger partial charge in [0.2, 0.25) is 11.8 Å². The molecule has 2 amide bonds. The molecule has 2 rings (SSSR count). The number of nitrogens with two attached hydrogens (primary N) is 1. The molecule has 1 aliphatic heterocycles. The fourth-order valence-corrected chi connectivity index (χ4v) is 2.18. The van der Waals surface area contributed by atoms with Crippen LogP contribution in [0.1, 0.15) is 23.2 Å². The van der Waals surface area contributed by atoms with Crippen LogP contribution in [0.2, 0.25) is 0 Å². The number of nitrogens with zero attached hydrogens (tertiary/aromatic N) is 1. The zero-order chi connectivity index (χ0) is 14.5. The van der Waals surface area contributed by atoms with Crippen LogP contribution in [0.25, 0.3) is 0 Å². The lowest BCUT2D eigenvalue weighted by molar-refractivity contribution is -0.120. The number of ether oxygens (including phenoxy) is 1. The molecule has 1 aromatic heterocycles. The van der Waals surface area contributed by atoms with Gasteiger partial charge in [-0.1, -0.05) is 0 Å². The van der Waals surface area contributed by atoms with Gasteiger partial charge in [0.05, 0.1) is 24.9 Å². The van der Waals surface area contributed by atoms with Crippen LogP contribution in [0, 0.1) is 5.92 Å². The number of carbonyl (C=O) groups excluding carboxylic acids is 2. The second kappa shape index (κ2) is 6.33. The molecule has 4 N–H and O–H groups in total. The van der Waals surface area contributed by atoms with Crippen molar-refractivity contribution in [2.45, 2.75) is 12.8 Å². The first-order valence-electron chi connectivity index (χ1n) is 6.47. The minimum atomic E-state index is -0.648. The second-order valence-electron chi connectivity index (χ2n) is 4.68. The summed E-state index contributed by atoms with van der Waals surface area (Å²) in [6, 6.07) is 1.47. The molecular formula is C13H18N4O3. The molecule has 1 atom stereocenters.